The number of hydrazone groups is 1. The summed E-state index contributed by atoms with van der Waals surface area (Å²) in [6.45, 7) is 3.77. The Kier molecular flexibility index (Phi) is 4.82. The van der Waals surface area contributed by atoms with Crippen LogP contribution in [0.2, 0.25) is 0 Å². The van der Waals surface area contributed by atoms with Crippen LogP contribution in [0.15, 0.2) is 5.10 Å². The topological polar surface area (TPSA) is 135 Å². The van der Waals surface area contributed by atoms with E-state index in [0.717, 1.165) is 5.01 Å². The van der Waals surface area contributed by atoms with Crippen LogP contribution in [-0.4, -0.2) is 82.0 Å². The summed E-state index contributed by atoms with van der Waals surface area (Å²) in [4.78, 5) is 11.6. The number of rotatable bonds is 3. The predicted molar refractivity (Wildman–Crippen MR) is 64.2 cm³/mol. The number of carbonyl (C=O) groups is 1. The van der Waals surface area contributed by atoms with Gasteiger partial charge in [-0.1, -0.05) is 0 Å². The van der Waals surface area contributed by atoms with E-state index in [1.165, 1.54) is 14.0 Å². The van der Waals surface area contributed by atoms with E-state index in [1.54, 1.807) is 0 Å². The molecule has 1 fully saturated rings. The Morgan fingerprint density at radius 3 is 2.58 bits per heavy atom. The van der Waals surface area contributed by atoms with Crippen LogP contribution >= 0.6 is 0 Å². The van der Waals surface area contributed by atoms with Crippen LogP contribution < -0.4 is 5.32 Å². The maximum absolute atomic E-state index is 11.6. The normalized spacial score (nSPS) is 38.6. The third-order valence-electron chi connectivity index (χ3n) is 3.00. The van der Waals surface area contributed by atoms with Gasteiger partial charge in [0.2, 0.25) is 0 Å². The summed E-state index contributed by atoms with van der Waals surface area (Å²) < 4.78 is 5.05. The molecule has 4 unspecified atom stereocenters. The SMILES string of the molecule is C=NN(C)C(=O)NC1C(O)[C@H](O)C(CO)OC1(C)O. The molecule has 0 saturated carbocycles. The number of aliphatic hydroxyl groups excluding tert-OH is 3. The molecule has 1 rings (SSSR count). The van der Waals surface area contributed by atoms with Gasteiger partial charge in [0, 0.05) is 13.8 Å². The van der Waals surface area contributed by atoms with Gasteiger partial charge in [-0.3, -0.25) is 0 Å². The van der Waals surface area contributed by atoms with Gasteiger partial charge in [0.1, 0.15) is 24.4 Å². The molecule has 0 bridgehead atoms. The Labute approximate surface area is 110 Å². The molecule has 0 radical (unpaired) electrons. The molecule has 1 aliphatic heterocycles. The zero-order valence-electron chi connectivity index (χ0n) is 10.7. The first-order valence-electron chi connectivity index (χ1n) is 5.62. The van der Waals surface area contributed by atoms with E-state index < -0.39 is 42.8 Å². The van der Waals surface area contributed by atoms with Crippen molar-refractivity contribution in [1.29, 1.82) is 0 Å². The van der Waals surface area contributed by atoms with Gasteiger partial charge in [0.15, 0.2) is 5.79 Å². The number of ether oxygens (including phenoxy) is 1. The number of urea groups is 1. The van der Waals surface area contributed by atoms with E-state index in [-0.39, 0.29) is 0 Å². The third-order valence-corrected chi connectivity index (χ3v) is 3.00. The summed E-state index contributed by atoms with van der Waals surface area (Å²) in [5, 5.41) is 45.1. The van der Waals surface area contributed by atoms with Crippen LogP contribution in [0.5, 0.6) is 0 Å². The monoisotopic (exact) mass is 277 g/mol. The predicted octanol–water partition coefficient (Wildman–Crippen LogP) is -2.57. The lowest BCUT2D eigenvalue weighted by Crippen LogP contribution is -2.69. The highest BCUT2D eigenvalue weighted by Gasteiger charge is 2.51. The molecule has 9 heteroatoms. The molecule has 1 aliphatic rings. The molecule has 0 spiro atoms. The Balaban J connectivity index is 2.86. The molecule has 1 saturated heterocycles. The second kappa shape index (κ2) is 5.80. The smallest absolute Gasteiger partial charge is 0.338 e. The first-order valence-corrected chi connectivity index (χ1v) is 5.62. The van der Waals surface area contributed by atoms with Crippen LogP contribution in [0.4, 0.5) is 4.79 Å². The summed E-state index contributed by atoms with van der Waals surface area (Å²) in [5.41, 5.74) is 0. The molecule has 0 aliphatic carbocycles. The standard InChI is InChI=1S/C10H19N3O6/c1-10(18)8(12-9(17)13(3)11-2)7(16)6(15)5(4-14)19-10/h5-8,14-16,18H,2,4H2,1,3H3,(H,12,17)/t5?,6-,7?,8?,10?/m1/s1. The zero-order chi connectivity index (χ0) is 14.8. The first-order chi connectivity index (χ1) is 8.74. The van der Waals surface area contributed by atoms with Crippen molar-refractivity contribution in [1.82, 2.24) is 10.3 Å². The summed E-state index contributed by atoms with van der Waals surface area (Å²) in [7, 11) is 1.32. The van der Waals surface area contributed by atoms with Gasteiger partial charge in [-0.05, 0) is 6.92 Å². The van der Waals surface area contributed by atoms with Gasteiger partial charge in [0.25, 0.3) is 0 Å². The number of hydrogen-bond acceptors (Lipinski definition) is 7. The minimum absolute atomic E-state index is 0.580. The Hall–Kier alpha value is -1.26. The van der Waals surface area contributed by atoms with Gasteiger partial charge in [0.05, 0.1) is 6.61 Å². The number of hydrogen-bond donors (Lipinski definition) is 5. The van der Waals surface area contributed by atoms with Crippen LogP contribution in [0.3, 0.4) is 0 Å². The average Bonchev–Trinajstić information content (AvgIpc) is 2.37. The van der Waals surface area contributed by atoms with E-state index in [4.69, 9.17) is 9.84 Å². The van der Waals surface area contributed by atoms with Crippen LogP contribution in [0, 0.1) is 0 Å². The van der Waals surface area contributed by atoms with E-state index in [2.05, 4.69) is 17.1 Å². The average molecular weight is 277 g/mol. The zero-order valence-corrected chi connectivity index (χ0v) is 10.7. The van der Waals surface area contributed by atoms with E-state index in [1.807, 2.05) is 0 Å². The molecular formula is C10H19N3O6. The fourth-order valence-corrected chi connectivity index (χ4v) is 1.84. The molecule has 19 heavy (non-hydrogen) atoms. The van der Waals surface area contributed by atoms with Crippen molar-refractivity contribution in [2.45, 2.75) is 37.1 Å². The lowest BCUT2D eigenvalue weighted by atomic mass is 9.91. The Morgan fingerprint density at radius 1 is 1.53 bits per heavy atom. The van der Waals surface area contributed by atoms with Gasteiger partial charge >= 0.3 is 6.03 Å². The minimum Gasteiger partial charge on any atom is -0.394 e. The maximum Gasteiger partial charge on any atom is 0.338 e. The van der Waals surface area contributed by atoms with Crippen molar-refractivity contribution in [2.75, 3.05) is 13.7 Å². The van der Waals surface area contributed by atoms with Crippen molar-refractivity contribution in [3.63, 3.8) is 0 Å². The number of amides is 2. The van der Waals surface area contributed by atoms with E-state index in [9.17, 15) is 20.1 Å². The van der Waals surface area contributed by atoms with Gasteiger partial charge in [-0.15, -0.1) is 0 Å². The molecule has 1 heterocycles. The summed E-state index contributed by atoms with van der Waals surface area (Å²) in [6.07, 6.45) is -4.10. The van der Waals surface area contributed by atoms with Gasteiger partial charge in [-0.2, -0.15) is 5.10 Å². The number of carbonyl (C=O) groups excluding carboxylic acids is 1. The Morgan fingerprint density at radius 2 is 2.11 bits per heavy atom. The van der Waals surface area contributed by atoms with Crippen LogP contribution in [0.25, 0.3) is 0 Å². The maximum atomic E-state index is 11.6. The van der Waals surface area contributed by atoms with Crippen molar-refractivity contribution >= 4 is 12.7 Å². The molecule has 5 N–H and O–H groups in total. The lowest BCUT2D eigenvalue weighted by Gasteiger charge is -2.46. The van der Waals surface area contributed by atoms with E-state index >= 15 is 0 Å². The molecule has 5 atom stereocenters. The molecule has 2 amide bonds. The Bertz CT molecular complexity index is 350. The molecule has 110 valence electrons. The molecule has 0 aromatic carbocycles. The number of nitrogens with one attached hydrogen (secondary N) is 1. The highest BCUT2D eigenvalue weighted by Crippen LogP contribution is 2.27. The quantitative estimate of drug-likeness (QED) is 0.284. The fourth-order valence-electron chi connectivity index (χ4n) is 1.84. The molecular weight excluding hydrogens is 258 g/mol. The highest BCUT2D eigenvalue weighted by atomic mass is 16.6. The largest absolute Gasteiger partial charge is 0.394 e. The van der Waals surface area contributed by atoms with Crippen molar-refractivity contribution in [3.05, 3.63) is 0 Å². The molecule has 0 aromatic rings. The number of nitrogens with zero attached hydrogens (tertiary/aromatic N) is 2. The molecule has 9 nitrogen and oxygen atoms in total. The van der Waals surface area contributed by atoms with Crippen LogP contribution in [-0.2, 0) is 4.74 Å². The van der Waals surface area contributed by atoms with Crippen molar-refractivity contribution in [3.8, 4) is 0 Å². The summed E-state index contributed by atoms with van der Waals surface area (Å²) in [5.74, 6) is -1.95. The fraction of sp³-hybridized carbons (Fsp3) is 0.800. The highest BCUT2D eigenvalue weighted by molar-refractivity contribution is 5.74. The van der Waals surface area contributed by atoms with Crippen molar-refractivity contribution < 1.29 is 30.0 Å². The second-order valence-corrected chi connectivity index (χ2v) is 4.47. The minimum atomic E-state index is -1.95. The number of aliphatic hydroxyl groups is 4. The molecule has 0 aromatic heterocycles. The van der Waals surface area contributed by atoms with Gasteiger partial charge in [-0.25, -0.2) is 9.80 Å². The van der Waals surface area contributed by atoms with Gasteiger partial charge < -0.3 is 30.5 Å². The third kappa shape index (κ3) is 3.19. The van der Waals surface area contributed by atoms with Crippen molar-refractivity contribution in [2.24, 2.45) is 5.10 Å². The summed E-state index contributed by atoms with van der Waals surface area (Å²) in [6, 6.07) is -2.03. The van der Waals surface area contributed by atoms with E-state index in [0.29, 0.717) is 0 Å². The van der Waals surface area contributed by atoms with Crippen LogP contribution in [0.1, 0.15) is 6.92 Å². The first kappa shape index (κ1) is 15.8. The lowest BCUT2D eigenvalue weighted by molar-refractivity contribution is -0.309. The summed E-state index contributed by atoms with van der Waals surface area (Å²) >= 11 is 0. The second-order valence-electron chi connectivity index (χ2n) is 4.47.